The van der Waals surface area contributed by atoms with Crippen LogP contribution in [0.15, 0.2) is 5.10 Å². The second-order valence-corrected chi connectivity index (χ2v) is 1.29. The molecule has 0 aromatic carbocycles. The molecule has 0 rings (SSSR count). The molecule has 6 nitrogen and oxygen atoms in total. The Hall–Kier alpha value is -1.30. The van der Waals surface area contributed by atoms with Crippen molar-refractivity contribution in [3.63, 3.8) is 0 Å². The highest BCUT2D eigenvalue weighted by molar-refractivity contribution is 5.96. The van der Waals surface area contributed by atoms with Crippen LogP contribution in [0.5, 0.6) is 0 Å². The van der Waals surface area contributed by atoms with E-state index in [1.165, 1.54) is 0 Å². The number of hydrogen-bond acceptors (Lipinski definition) is 4. The number of aliphatic carboxylic acids is 1. The number of carbonyl (C=O) groups is 1. The van der Waals surface area contributed by atoms with E-state index in [9.17, 15) is 4.79 Å². The molecule has 0 aliphatic carbocycles. The van der Waals surface area contributed by atoms with E-state index < -0.39 is 5.97 Å². The molecule has 0 aliphatic heterocycles. The lowest BCUT2D eigenvalue weighted by atomic mass is 10.4. The average Bonchev–Trinajstić information content (AvgIpc) is 1.82. The van der Waals surface area contributed by atoms with Crippen LogP contribution >= 0.6 is 0 Å². The van der Waals surface area contributed by atoms with Crippen LogP contribution < -0.4 is 17.1 Å². The molecule has 0 heterocycles. The van der Waals surface area contributed by atoms with E-state index in [2.05, 4.69) is 5.10 Å². The number of amidine groups is 1. The van der Waals surface area contributed by atoms with Gasteiger partial charge in [-0.1, -0.05) is 0 Å². The van der Waals surface area contributed by atoms with Crippen molar-refractivity contribution < 1.29 is 9.90 Å². The lowest BCUT2D eigenvalue weighted by molar-refractivity contribution is -0.135. The lowest BCUT2D eigenvalue weighted by Crippen LogP contribution is -2.32. The molecular formula is C3H8N4O2. The summed E-state index contributed by atoms with van der Waals surface area (Å²) in [5, 5.41) is 11.2. The highest BCUT2D eigenvalue weighted by Crippen LogP contribution is 1.77. The Bertz CT molecular complexity index is 132. The molecule has 6 N–H and O–H groups in total. The Balaban J connectivity index is 3.71. The number of rotatable bonds is 2. The zero-order chi connectivity index (χ0) is 7.28. The molecule has 0 saturated heterocycles. The van der Waals surface area contributed by atoms with Crippen LogP contribution in [0.1, 0.15) is 6.42 Å². The average molecular weight is 132 g/mol. The summed E-state index contributed by atoms with van der Waals surface area (Å²) in [4.78, 5) is 9.90. The SMILES string of the molecule is N/N=C(/CC(=O)O)NN. The minimum atomic E-state index is -1.03. The van der Waals surface area contributed by atoms with Crippen LogP contribution in [-0.4, -0.2) is 16.9 Å². The van der Waals surface area contributed by atoms with Gasteiger partial charge in [0.2, 0.25) is 0 Å². The Morgan fingerprint density at radius 1 is 1.78 bits per heavy atom. The van der Waals surface area contributed by atoms with Crippen LogP contribution in [0.3, 0.4) is 0 Å². The lowest BCUT2D eigenvalue weighted by Gasteiger charge is -1.97. The Morgan fingerprint density at radius 3 is 2.44 bits per heavy atom. The van der Waals surface area contributed by atoms with E-state index in [4.69, 9.17) is 16.8 Å². The van der Waals surface area contributed by atoms with Crippen molar-refractivity contribution in [2.45, 2.75) is 6.42 Å². The maximum atomic E-state index is 9.90. The van der Waals surface area contributed by atoms with Gasteiger partial charge in [-0.15, -0.1) is 0 Å². The quantitative estimate of drug-likeness (QED) is 0.153. The van der Waals surface area contributed by atoms with E-state index >= 15 is 0 Å². The molecule has 6 heteroatoms. The first-order valence-corrected chi connectivity index (χ1v) is 2.16. The predicted octanol–water partition coefficient (Wildman–Crippen LogP) is -1.80. The molecule has 0 aliphatic rings. The number of nitrogens with two attached hydrogens (primary N) is 2. The second-order valence-electron chi connectivity index (χ2n) is 1.29. The van der Waals surface area contributed by atoms with Gasteiger partial charge in [0.05, 0.1) is 0 Å². The largest absolute Gasteiger partial charge is 0.481 e. The summed E-state index contributed by atoms with van der Waals surface area (Å²) < 4.78 is 0. The summed E-state index contributed by atoms with van der Waals surface area (Å²) in [6, 6.07) is 0. The first kappa shape index (κ1) is 7.70. The summed E-state index contributed by atoms with van der Waals surface area (Å²) in [5.74, 6) is 8.53. The Morgan fingerprint density at radius 2 is 2.33 bits per heavy atom. The topological polar surface area (TPSA) is 114 Å². The maximum Gasteiger partial charge on any atom is 0.311 e. The molecule has 0 aromatic rings. The van der Waals surface area contributed by atoms with Gasteiger partial charge in [0.15, 0.2) is 0 Å². The number of hydrogen-bond donors (Lipinski definition) is 4. The summed E-state index contributed by atoms with van der Waals surface area (Å²) in [6.45, 7) is 0. The predicted molar refractivity (Wildman–Crippen MR) is 31.2 cm³/mol. The zero-order valence-corrected chi connectivity index (χ0v) is 4.66. The maximum absolute atomic E-state index is 9.90. The van der Waals surface area contributed by atoms with Gasteiger partial charge in [-0.2, -0.15) is 5.10 Å². The van der Waals surface area contributed by atoms with Gasteiger partial charge < -0.3 is 16.4 Å². The fourth-order valence-corrected chi connectivity index (χ4v) is 0.277. The monoisotopic (exact) mass is 132 g/mol. The minimum Gasteiger partial charge on any atom is -0.481 e. The van der Waals surface area contributed by atoms with Gasteiger partial charge >= 0.3 is 5.97 Å². The van der Waals surface area contributed by atoms with Gasteiger partial charge in [-0.25, -0.2) is 5.84 Å². The van der Waals surface area contributed by atoms with Crippen LogP contribution in [-0.2, 0) is 4.79 Å². The summed E-state index contributed by atoms with van der Waals surface area (Å²) in [7, 11) is 0. The molecule has 0 atom stereocenters. The third kappa shape index (κ3) is 3.30. The highest BCUT2D eigenvalue weighted by atomic mass is 16.4. The van der Waals surface area contributed by atoms with Gasteiger partial charge in [0.25, 0.3) is 0 Å². The van der Waals surface area contributed by atoms with E-state index in [-0.39, 0.29) is 12.3 Å². The smallest absolute Gasteiger partial charge is 0.311 e. The fourth-order valence-electron chi connectivity index (χ4n) is 0.277. The first-order valence-electron chi connectivity index (χ1n) is 2.16. The minimum absolute atomic E-state index is 0.0440. The summed E-state index contributed by atoms with van der Waals surface area (Å²) in [6.07, 6.45) is -0.285. The summed E-state index contributed by atoms with van der Waals surface area (Å²) >= 11 is 0. The third-order valence-corrected chi connectivity index (χ3v) is 0.641. The standard InChI is InChI=1S/C3H8N4O2/c4-6-2(7-5)1-3(8)9/h1,4-5H2,(H,6,7)(H,8,9). The van der Waals surface area contributed by atoms with Crippen LogP contribution in [0.2, 0.25) is 0 Å². The fraction of sp³-hybridized carbons (Fsp3) is 0.333. The number of hydrazine groups is 1. The van der Waals surface area contributed by atoms with Crippen molar-refractivity contribution in [3.05, 3.63) is 0 Å². The number of nitrogens with zero attached hydrogens (tertiary/aromatic N) is 1. The van der Waals surface area contributed by atoms with Gasteiger partial charge in [-0.05, 0) is 0 Å². The molecule has 0 amide bonds. The van der Waals surface area contributed by atoms with Crippen molar-refractivity contribution in [3.8, 4) is 0 Å². The van der Waals surface area contributed by atoms with Crippen molar-refractivity contribution in [2.75, 3.05) is 0 Å². The Labute approximate surface area is 51.5 Å². The molecule has 0 unspecified atom stereocenters. The zero-order valence-electron chi connectivity index (χ0n) is 4.66. The van der Waals surface area contributed by atoms with E-state index in [1.54, 1.807) is 0 Å². The van der Waals surface area contributed by atoms with E-state index in [0.717, 1.165) is 0 Å². The van der Waals surface area contributed by atoms with Crippen LogP contribution in [0.25, 0.3) is 0 Å². The number of carboxylic acids is 1. The van der Waals surface area contributed by atoms with Crippen molar-refractivity contribution in [1.29, 1.82) is 0 Å². The molecule has 0 saturated carbocycles. The molecule has 0 aromatic heterocycles. The number of carboxylic acid groups (broad SMARTS) is 1. The van der Waals surface area contributed by atoms with Crippen LogP contribution in [0, 0.1) is 0 Å². The van der Waals surface area contributed by atoms with Gasteiger partial charge in [0, 0.05) is 0 Å². The summed E-state index contributed by atoms with van der Waals surface area (Å²) in [5.41, 5.74) is 2.03. The molecule has 0 bridgehead atoms. The molecule has 0 radical (unpaired) electrons. The first-order chi connectivity index (χ1) is 4.20. The normalized spacial score (nSPS) is 11.0. The highest BCUT2D eigenvalue weighted by Gasteiger charge is 2.01. The van der Waals surface area contributed by atoms with Gasteiger partial charge in [-0.3, -0.25) is 4.79 Å². The van der Waals surface area contributed by atoms with Crippen LogP contribution in [0.4, 0.5) is 0 Å². The third-order valence-electron chi connectivity index (χ3n) is 0.641. The molecule has 0 spiro atoms. The van der Waals surface area contributed by atoms with E-state index in [0.29, 0.717) is 0 Å². The van der Waals surface area contributed by atoms with Crippen molar-refractivity contribution in [2.24, 2.45) is 16.8 Å². The Kier molecular flexibility index (Phi) is 3.14. The van der Waals surface area contributed by atoms with Crippen molar-refractivity contribution in [1.82, 2.24) is 5.43 Å². The second kappa shape index (κ2) is 3.67. The van der Waals surface area contributed by atoms with E-state index in [1.807, 2.05) is 5.43 Å². The number of nitrogens with one attached hydrogen (secondary N) is 1. The van der Waals surface area contributed by atoms with Gasteiger partial charge in [0.1, 0.15) is 12.3 Å². The molecule has 52 valence electrons. The molecule has 0 fully saturated rings. The number of hydrazone groups is 1. The van der Waals surface area contributed by atoms with Crippen molar-refractivity contribution >= 4 is 11.8 Å². The molecule has 9 heavy (non-hydrogen) atoms. The molecular weight excluding hydrogens is 124 g/mol.